The summed E-state index contributed by atoms with van der Waals surface area (Å²) in [4.78, 5) is 12.1. The van der Waals surface area contributed by atoms with Crippen LogP contribution in [0.5, 0.6) is 0 Å². The molecule has 0 bridgehead atoms. The Morgan fingerprint density at radius 3 is 2.55 bits per heavy atom. The van der Waals surface area contributed by atoms with Crippen molar-refractivity contribution in [2.24, 2.45) is 0 Å². The van der Waals surface area contributed by atoms with Crippen LogP contribution < -0.4 is 10.6 Å². The quantitative estimate of drug-likeness (QED) is 0.792. The number of benzene rings is 2. The summed E-state index contributed by atoms with van der Waals surface area (Å²) in [5.74, 6) is 0.000278. The minimum atomic E-state index is 0.000278. The van der Waals surface area contributed by atoms with E-state index >= 15 is 0 Å². The minimum absolute atomic E-state index is 0.000278. The van der Waals surface area contributed by atoms with E-state index in [9.17, 15) is 4.79 Å². The van der Waals surface area contributed by atoms with Crippen LogP contribution in [0.15, 0.2) is 42.5 Å². The third kappa shape index (κ3) is 4.07. The summed E-state index contributed by atoms with van der Waals surface area (Å²) in [7, 11) is 0. The van der Waals surface area contributed by atoms with Crippen molar-refractivity contribution in [3.05, 3.63) is 48.0 Å². The van der Waals surface area contributed by atoms with Crippen LogP contribution in [0.4, 0.5) is 0 Å². The van der Waals surface area contributed by atoms with Gasteiger partial charge < -0.3 is 10.6 Å². The Balaban J connectivity index is 1.87. The van der Waals surface area contributed by atoms with E-state index in [0.717, 1.165) is 29.3 Å². The number of nitrogens with one attached hydrogen (secondary N) is 2. The van der Waals surface area contributed by atoms with E-state index in [0.29, 0.717) is 12.6 Å². The van der Waals surface area contributed by atoms with Crippen molar-refractivity contribution < 1.29 is 4.79 Å². The van der Waals surface area contributed by atoms with Gasteiger partial charge in [0, 0.05) is 18.2 Å². The molecule has 2 N–H and O–H groups in total. The number of rotatable bonds is 6. The van der Waals surface area contributed by atoms with Gasteiger partial charge >= 0.3 is 0 Å². The molecule has 0 aliphatic rings. The van der Waals surface area contributed by atoms with E-state index < -0.39 is 0 Å². The zero-order valence-electron chi connectivity index (χ0n) is 12.1. The average molecular weight is 270 g/mol. The van der Waals surface area contributed by atoms with Crippen molar-refractivity contribution in [1.82, 2.24) is 10.6 Å². The minimum Gasteiger partial charge on any atom is -0.352 e. The molecule has 1 amide bonds. The van der Waals surface area contributed by atoms with Gasteiger partial charge in [-0.05, 0) is 35.9 Å². The van der Waals surface area contributed by atoms with Crippen molar-refractivity contribution in [3.8, 4) is 0 Å². The van der Waals surface area contributed by atoms with Gasteiger partial charge in [0.1, 0.15) is 0 Å². The van der Waals surface area contributed by atoms with Gasteiger partial charge in [-0.15, -0.1) is 0 Å². The lowest BCUT2D eigenvalue weighted by Crippen LogP contribution is -2.29. The Morgan fingerprint density at radius 2 is 1.80 bits per heavy atom. The van der Waals surface area contributed by atoms with Crippen LogP contribution in [0.25, 0.3) is 10.8 Å². The highest BCUT2D eigenvalue weighted by Crippen LogP contribution is 2.15. The Labute approximate surface area is 120 Å². The lowest BCUT2D eigenvalue weighted by atomic mass is 10.1. The van der Waals surface area contributed by atoms with E-state index in [-0.39, 0.29) is 5.91 Å². The van der Waals surface area contributed by atoms with Crippen molar-refractivity contribution in [1.29, 1.82) is 0 Å². The van der Waals surface area contributed by atoms with Gasteiger partial charge in [-0.2, -0.15) is 0 Å². The molecular weight excluding hydrogens is 248 g/mol. The second-order valence-corrected chi connectivity index (χ2v) is 5.28. The fourth-order valence-electron chi connectivity index (χ4n) is 2.11. The summed E-state index contributed by atoms with van der Waals surface area (Å²) < 4.78 is 0. The van der Waals surface area contributed by atoms with Crippen LogP contribution in [-0.4, -0.2) is 25.0 Å². The van der Waals surface area contributed by atoms with Crippen LogP contribution >= 0.6 is 0 Å². The molecule has 0 atom stereocenters. The number of fused-ring (bicyclic) bond motifs is 1. The highest BCUT2D eigenvalue weighted by atomic mass is 16.1. The van der Waals surface area contributed by atoms with E-state index in [1.165, 1.54) is 0 Å². The van der Waals surface area contributed by atoms with Gasteiger partial charge in [0.25, 0.3) is 5.91 Å². The normalized spacial score (nSPS) is 10.9. The number of amides is 1. The van der Waals surface area contributed by atoms with E-state index in [1.807, 2.05) is 36.4 Å². The van der Waals surface area contributed by atoms with E-state index in [4.69, 9.17) is 0 Å². The predicted octanol–water partition coefficient (Wildman–Crippen LogP) is 2.96. The maximum atomic E-state index is 12.1. The van der Waals surface area contributed by atoms with Crippen LogP contribution in [0.2, 0.25) is 0 Å². The largest absolute Gasteiger partial charge is 0.352 e. The van der Waals surface area contributed by atoms with Crippen LogP contribution in [-0.2, 0) is 0 Å². The van der Waals surface area contributed by atoms with Gasteiger partial charge in [0.15, 0.2) is 0 Å². The van der Waals surface area contributed by atoms with E-state index in [2.05, 4.69) is 30.5 Å². The van der Waals surface area contributed by atoms with Crippen molar-refractivity contribution in [2.45, 2.75) is 26.3 Å². The smallest absolute Gasteiger partial charge is 0.251 e. The van der Waals surface area contributed by atoms with Crippen LogP contribution in [0.1, 0.15) is 30.6 Å². The molecule has 0 saturated heterocycles. The summed E-state index contributed by atoms with van der Waals surface area (Å²) in [6.07, 6.45) is 0.942. The molecule has 2 aromatic rings. The standard InChI is InChI=1S/C17H22N2O/c1-13(2)18-10-5-11-19-17(20)16-9-8-14-6-3-4-7-15(14)12-16/h3-4,6-9,12-13,18H,5,10-11H2,1-2H3,(H,19,20). The predicted molar refractivity (Wildman–Crippen MR) is 84.0 cm³/mol. The topological polar surface area (TPSA) is 41.1 Å². The Bertz CT molecular complexity index is 578. The summed E-state index contributed by atoms with van der Waals surface area (Å²) in [6, 6.07) is 14.4. The summed E-state index contributed by atoms with van der Waals surface area (Å²) in [6.45, 7) is 5.86. The summed E-state index contributed by atoms with van der Waals surface area (Å²) in [5.41, 5.74) is 0.723. The first-order valence-corrected chi connectivity index (χ1v) is 7.17. The Morgan fingerprint density at radius 1 is 1.05 bits per heavy atom. The first-order valence-electron chi connectivity index (χ1n) is 7.17. The molecule has 0 aromatic heterocycles. The molecule has 0 spiro atoms. The third-order valence-corrected chi connectivity index (χ3v) is 3.20. The zero-order valence-corrected chi connectivity index (χ0v) is 12.1. The fraction of sp³-hybridized carbons (Fsp3) is 0.353. The number of carbonyl (C=O) groups is 1. The third-order valence-electron chi connectivity index (χ3n) is 3.20. The molecular formula is C17H22N2O. The molecule has 0 aliphatic carbocycles. The number of hydrogen-bond acceptors (Lipinski definition) is 2. The lowest BCUT2D eigenvalue weighted by Gasteiger charge is -2.09. The zero-order chi connectivity index (χ0) is 14.4. The molecule has 0 heterocycles. The second kappa shape index (κ2) is 7.06. The van der Waals surface area contributed by atoms with Gasteiger partial charge in [-0.1, -0.05) is 44.2 Å². The molecule has 3 heteroatoms. The molecule has 2 aromatic carbocycles. The average Bonchev–Trinajstić information content (AvgIpc) is 2.46. The summed E-state index contributed by atoms with van der Waals surface area (Å²) >= 11 is 0. The highest BCUT2D eigenvalue weighted by Gasteiger charge is 2.05. The van der Waals surface area contributed by atoms with Crippen LogP contribution in [0.3, 0.4) is 0 Å². The van der Waals surface area contributed by atoms with E-state index in [1.54, 1.807) is 0 Å². The maximum absolute atomic E-state index is 12.1. The van der Waals surface area contributed by atoms with Gasteiger partial charge in [-0.3, -0.25) is 4.79 Å². The Hall–Kier alpha value is -1.87. The van der Waals surface area contributed by atoms with Crippen molar-refractivity contribution in [2.75, 3.05) is 13.1 Å². The number of hydrogen-bond donors (Lipinski definition) is 2. The molecule has 0 unspecified atom stereocenters. The van der Waals surface area contributed by atoms with Crippen molar-refractivity contribution in [3.63, 3.8) is 0 Å². The molecule has 0 fully saturated rings. The van der Waals surface area contributed by atoms with Crippen molar-refractivity contribution >= 4 is 16.7 Å². The fourth-order valence-corrected chi connectivity index (χ4v) is 2.11. The van der Waals surface area contributed by atoms with Gasteiger partial charge in [0.05, 0.1) is 0 Å². The number of carbonyl (C=O) groups excluding carboxylic acids is 1. The monoisotopic (exact) mass is 270 g/mol. The highest BCUT2D eigenvalue weighted by molar-refractivity contribution is 5.98. The molecule has 0 radical (unpaired) electrons. The molecule has 0 aliphatic heterocycles. The summed E-state index contributed by atoms with van der Waals surface area (Å²) in [5, 5.41) is 8.55. The van der Waals surface area contributed by atoms with Gasteiger partial charge in [-0.25, -0.2) is 0 Å². The molecule has 106 valence electrons. The maximum Gasteiger partial charge on any atom is 0.251 e. The lowest BCUT2D eigenvalue weighted by molar-refractivity contribution is 0.0953. The first kappa shape index (κ1) is 14.5. The molecule has 20 heavy (non-hydrogen) atoms. The molecule has 0 saturated carbocycles. The SMILES string of the molecule is CC(C)NCCCNC(=O)c1ccc2ccccc2c1. The first-order chi connectivity index (χ1) is 9.66. The van der Waals surface area contributed by atoms with Crippen LogP contribution in [0, 0.1) is 0 Å². The second-order valence-electron chi connectivity index (χ2n) is 5.28. The Kier molecular flexibility index (Phi) is 5.13. The molecule has 3 nitrogen and oxygen atoms in total. The molecule has 2 rings (SSSR count). The van der Waals surface area contributed by atoms with Gasteiger partial charge in [0.2, 0.25) is 0 Å².